The Labute approximate surface area is 246 Å². The molecule has 1 aliphatic rings. The molecule has 0 aromatic heterocycles. The Bertz CT molecular complexity index is 1710. The number of halogens is 2. The Morgan fingerprint density at radius 1 is 0.951 bits per heavy atom. The molecule has 0 saturated carbocycles. The van der Waals surface area contributed by atoms with E-state index in [1.165, 1.54) is 42.5 Å². The molecule has 1 aliphatic heterocycles. The number of nitriles is 1. The van der Waals surface area contributed by atoms with E-state index in [9.17, 15) is 23.3 Å². The SMILES string of the molecule is COC(=O)C1=C(C(=O)OC)N(c2ccc(S(=O)(=O)Nc3cc(Cl)cc(Cl)c3)cc2)C(N)=C(C#N)C1c1ccccc1. The van der Waals surface area contributed by atoms with Gasteiger partial charge in [0.2, 0.25) is 0 Å². The minimum atomic E-state index is -4.09. The zero-order chi connectivity index (χ0) is 29.9. The fourth-order valence-electron chi connectivity index (χ4n) is 4.38. The van der Waals surface area contributed by atoms with Crippen LogP contribution in [0.1, 0.15) is 11.5 Å². The highest BCUT2D eigenvalue weighted by Crippen LogP contribution is 2.43. The van der Waals surface area contributed by atoms with Crippen LogP contribution in [-0.4, -0.2) is 34.6 Å². The van der Waals surface area contributed by atoms with E-state index in [-0.39, 0.29) is 49.0 Å². The van der Waals surface area contributed by atoms with Crippen LogP contribution in [0.5, 0.6) is 0 Å². The molecule has 0 bridgehead atoms. The van der Waals surface area contributed by atoms with E-state index in [0.29, 0.717) is 5.56 Å². The summed E-state index contributed by atoms with van der Waals surface area (Å²) in [7, 11) is -1.82. The Hall–Kier alpha value is -4.50. The second-order valence-electron chi connectivity index (χ2n) is 8.59. The van der Waals surface area contributed by atoms with Gasteiger partial charge in [0.05, 0.1) is 47.9 Å². The van der Waals surface area contributed by atoms with Crippen molar-refractivity contribution in [3.8, 4) is 6.07 Å². The molecule has 10 nitrogen and oxygen atoms in total. The summed E-state index contributed by atoms with van der Waals surface area (Å²) in [5, 5.41) is 10.6. The number of allylic oxidation sites excluding steroid dienone is 1. The van der Waals surface area contributed by atoms with E-state index < -0.39 is 27.9 Å². The minimum absolute atomic E-state index is 0.0274. The van der Waals surface area contributed by atoms with Gasteiger partial charge in [0, 0.05) is 15.7 Å². The second-order valence-corrected chi connectivity index (χ2v) is 11.1. The molecule has 3 aromatic rings. The van der Waals surface area contributed by atoms with Crippen molar-refractivity contribution < 1.29 is 27.5 Å². The number of hydrogen-bond donors (Lipinski definition) is 2. The molecule has 3 aromatic carbocycles. The molecular formula is C28H22Cl2N4O6S. The number of nitrogens with two attached hydrogens (primary N) is 1. The number of nitrogens with one attached hydrogen (secondary N) is 1. The number of ether oxygens (including phenoxy) is 2. The third kappa shape index (κ3) is 5.85. The lowest BCUT2D eigenvalue weighted by Gasteiger charge is -2.35. The first-order valence-corrected chi connectivity index (χ1v) is 14.0. The average molecular weight is 613 g/mol. The van der Waals surface area contributed by atoms with Gasteiger partial charge in [-0.2, -0.15) is 5.26 Å². The summed E-state index contributed by atoms with van der Waals surface area (Å²) in [6.07, 6.45) is 0. The first kappa shape index (κ1) is 29.5. The standard InChI is InChI=1S/C28H22Cl2N4O6S/c1-39-27(35)24-23(16-6-4-3-5-7-16)22(15-31)26(32)34(25(24)28(36)40-2)20-8-10-21(11-9-20)41(37,38)33-19-13-17(29)12-18(30)14-19/h3-14,23,33H,32H2,1-2H3. The van der Waals surface area contributed by atoms with Crippen molar-refractivity contribution in [3.05, 3.63) is 111 Å². The molecule has 3 N–H and O–H groups in total. The van der Waals surface area contributed by atoms with Gasteiger partial charge in [-0.05, 0) is 48.0 Å². The summed E-state index contributed by atoms with van der Waals surface area (Å²) in [5.74, 6) is -3.00. The quantitative estimate of drug-likeness (QED) is 0.362. The van der Waals surface area contributed by atoms with Crippen LogP contribution in [-0.2, 0) is 29.1 Å². The molecule has 0 fully saturated rings. The van der Waals surface area contributed by atoms with Crippen molar-refractivity contribution >= 4 is 56.5 Å². The Morgan fingerprint density at radius 3 is 2.07 bits per heavy atom. The van der Waals surface area contributed by atoms with Crippen LogP contribution >= 0.6 is 23.2 Å². The number of hydrogen-bond acceptors (Lipinski definition) is 9. The number of esters is 2. The number of methoxy groups -OCH3 is 2. The van der Waals surface area contributed by atoms with Gasteiger partial charge in [-0.15, -0.1) is 0 Å². The summed E-state index contributed by atoms with van der Waals surface area (Å²) in [6, 6.07) is 20.1. The van der Waals surface area contributed by atoms with Gasteiger partial charge in [-0.25, -0.2) is 18.0 Å². The summed E-state index contributed by atoms with van der Waals surface area (Å²) in [5.41, 5.74) is 6.82. The van der Waals surface area contributed by atoms with Gasteiger partial charge in [0.15, 0.2) is 0 Å². The summed E-state index contributed by atoms with van der Waals surface area (Å²) < 4.78 is 38.5. The number of carbonyl (C=O) groups excluding carboxylic acids is 2. The highest BCUT2D eigenvalue weighted by atomic mass is 35.5. The molecule has 0 radical (unpaired) electrons. The van der Waals surface area contributed by atoms with Crippen molar-refractivity contribution in [1.29, 1.82) is 5.26 Å². The van der Waals surface area contributed by atoms with Gasteiger partial charge in [0.25, 0.3) is 10.0 Å². The smallest absolute Gasteiger partial charge is 0.355 e. The van der Waals surface area contributed by atoms with Crippen LogP contribution in [0.2, 0.25) is 10.0 Å². The number of nitrogens with zero attached hydrogens (tertiary/aromatic N) is 2. The van der Waals surface area contributed by atoms with Crippen LogP contribution in [0.3, 0.4) is 0 Å². The minimum Gasteiger partial charge on any atom is -0.466 e. The summed E-state index contributed by atoms with van der Waals surface area (Å²) >= 11 is 12.0. The molecule has 210 valence electrons. The third-order valence-electron chi connectivity index (χ3n) is 6.13. The molecule has 0 amide bonds. The lowest BCUT2D eigenvalue weighted by atomic mass is 9.81. The van der Waals surface area contributed by atoms with Crippen LogP contribution in [0.15, 0.2) is 100 Å². The monoisotopic (exact) mass is 612 g/mol. The lowest BCUT2D eigenvalue weighted by Crippen LogP contribution is -2.40. The molecular weight excluding hydrogens is 591 g/mol. The molecule has 1 unspecified atom stereocenters. The Balaban J connectivity index is 1.85. The third-order valence-corrected chi connectivity index (χ3v) is 7.96. The maximum absolute atomic E-state index is 13.2. The highest BCUT2D eigenvalue weighted by Gasteiger charge is 2.43. The average Bonchev–Trinajstić information content (AvgIpc) is 2.95. The van der Waals surface area contributed by atoms with E-state index >= 15 is 0 Å². The van der Waals surface area contributed by atoms with Crippen LogP contribution in [0, 0.1) is 11.3 Å². The van der Waals surface area contributed by atoms with Crippen molar-refractivity contribution in [1.82, 2.24) is 0 Å². The maximum Gasteiger partial charge on any atom is 0.355 e. The first-order chi connectivity index (χ1) is 19.5. The van der Waals surface area contributed by atoms with E-state index in [0.717, 1.165) is 19.1 Å². The normalized spacial score (nSPS) is 15.3. The molecule has 41 heavy (non-hydrogen) atoms. The topological polar surface area (TPSA) is 152 Å². The van der Waals surface area contributed by atoms with Crippen molar-refractivity contribution in [3.63, 3.8) is 0 Å². The molecule has 4 rings (SSSR count). The molecule has 1 atom stereocenters. The van der Waals surface area contributed by atoms with E-state index in [4.69, 9.17) is 38.4 Å². The molecule has 13 heteroatoms. The number of anilines is 2. The van der Waals surface area contributed by atoms with Crippen molar-refractivity contribution in [2.24, 2.45) is 5.73 Å². The van der Waals surface area contributed by atoms with Crippen molar-refractivity contribution in [2.45, 2.75) is 10.8 Å². The van der Waals surface area contributed by atoms with Crippen LogP contribution in [0.4, 0.5) is 11.4 Å². The summed E-state index contributed by atoms with van der Waals surface area (Å²) in [4.78, 5) is 27.3. The maximum atomic E-state index is 13.2. The molecule has 0 saturated heterocycles. The Morgan fingerprint density at radius 2 is 1.54 bits per heavy atom. The molecule has 0 aliphatic carbocycles. The van der Waals surface area contributed by atoms with Crippen LogP contribution in [0.25, 0.3) is 0 Å². The van der Waals surface area contributed by atoms with Gasteiger partial charge in [0.1, 0.15) is 11.5 Å². The van der Waals surface area contributed by atoms with Gasteiger partial charge in [-0.1, -0.05) is 53.5 Å². The van der Waals surface area contributed by atoms with Gasteiger partial charge >= 0.3 is 11.9 Å². The number of sulfonamides is 1. The fraction of sp³-hybridized carbons (Fsp3) is 0.107. The zero-order valence-corrected chi connectivity index (χ0v) is 23.9. The van der Waals surface area contributed by atoms with E-state index in [2.05, 4.69) is 10.8 Å². The zero-order valence-electron chi connectivity index (χ0n) is 21.6. The number of carbonyl (C=O) groups is 2. The van der Waals surface area contributed by atoms with Gasteiger partial charge < -0.3 is 15.2 Å². The summed E-state index contributed by atoms with van der Waals surface area (Å²) in [6.45, 7) is 0. The lowest BCUT2D eigenvalue weighted by molar-refractivity contribution is -0.139. The van der Waals surface area contributed by atoms with E-state index in [1.807, 2.05) is 0 Å². The van der Waals surface area contributed by atoms with Crippen molar-refractivity contribution in [2.75, 3.05) is 23.8 Å². The predicted octanol–water partition coefficient (Wildman–Crippen LogP) is 4.69. The molecule has 0 spiro atoms. The molecule has 1 heterocycles. The van der Waals surface area contributed by atoms with E-state index in [1.54, 1.807) is 30.3 Å². The predicted molar refractivity (Wildman–Crippen MR) is 153 cm³/mol. The largest absolute Gasteiger partial charge is 0.466 e. The fourth-order valence-corrected chi connectivity index (χ4v) is 5.95. The first-order valence-electron chi connectivity index (χ1n) is 11.8. The van der Waals surface area contributed by atoms with Crippen LogP contribution < -0.4 is 15.4 Å². The second kappa shape index (κ2) is 11.9. The van der Waals surface area contributed by atoms with Gasteiger partial charge in [-0.3, -0.25) is 9.62 Å². The number of rotatable bonds is 7. The highest BCUT2D eigenvalue weighted by molar-refractivity contribution is 7.92. The Kier molecular flexibility index (Phi) is 8.58. The number of benzene rings is 3.